The van der Waals surface area contributed by atoms with Crippen LogP contribution < -0.4 is 5.73 Å². The second-order valence-corrected chi connectivity index (χ2v) is 5.86. The molecule has 19 heavy (non-hydrogen) atoms. The van der Waals surface area contributed by atoms with Crippen molar-refractivity contribution in [1.82, 2.24) is 14.8 Å². The Morgan fingerprint density at radius 3 is 2.68 bits per heavy atom. The van der Waals surface area contributed by atoms with Crippen LogP contribution in [0.2, 0.25) is 0 Å². The van der Waals surface area contributed by atoms with E-state index in [0.29, 0.717) is 5.69 Å². The minimum Gasteiger partial charge on any atom is -0.364 e. The molecule has 0 saturated carbocycles. The number of nitrogens with two attached hydrogens (primary N) is 1. The molecule has 5 heteroatoms. The molecule has 0 spiro atoms. The van der Waals surface area contributed by atoms with Gasteiger partial charge in [-0.3, -0.25) is 19.6 Å². The summed E-state index contributed by atoms with van der Waals surface area (Å²) in [5.74, 6) is -0.479. The molecule has 0 unspecified atom stereocenters. The Bertz CT molecular complexity index is 455. The molecule has 1 aliphatic rings. The van der Waals surface area contributed by atoms with Gasteiger partial charge in [0.15, 0.2) is 0 Å². The highest BCUT2D eigenvalue weighted by Crippen LogP contribution is 2.20. The summed E-state index contributed by atoms with van der Waals surface area (Å²) >= 11 is 0. The summed E-state index contributed by atoms with van der Waals surface area (Å²) in [5, 5.41) is 0. The molecule has 1 aromatic heterocycles. The fourth-order valence-corrected chi connectivity index (χ4v) is 2.40. The van der Waals surface area contributed by atoms with Crippen molar-refractivity contribution >= 4 is 5.91 Å². The summed E-state index contributed by atoms with van der Waals surface area (Å²) < 4.78 is 0. The van der Waals surface area contributed by atoms with Crippen LogP contribution in [0.3, 0.4) is 0 Å². The number of hydrogen-bond acceptors (Lipinski definition) is 4. The number of carbonyl (C=O) groups is 1. The average Bonchev–Trinajstić information content (AvgIpc) is 2.34. The number of pyridine rings is 1. The van der Waals surface area contributed by atoms with Crippen LogP contribution in [0.15, 0.2) is 18.3 Å². The van der Waals surface area contributed by atoms with Gasteiger partial charge in [-0.05, 0) is 32.5 Å². The molecule has 0 radical (unpaired) electrons. The van der Waals surface area contributed by atoms with E-state index in [0.717, 1.165) is 31.7 Å². The predicted octanol–water partition coefficient (Wildman–Crippen LogP) is 0.707. The molecule has 0 aromatic carbocycles. The van der Waals surface area contributed by atoms with Crippen LogP contribution in [0, 0.1) is 0 Å². The molecule has 0 atom stereocenters. The molecule has 1 saturated heterocycles. The third kappa shape index (κ3) is 3.30. The van der Waals surface area contributed by atoms with E-state index in [1.54, 1.807) is 12.3 Å². The van der Waals surface area contributed by atoms with Crippen molar-refractivity contribution in [1.29, 1.82) is 0 Å². The van der Waals surface area contributed by atoms with Crippen LogP contribution in [0.1, 0.15) is 29.9 Å². The first-order chi connectivity index (χ1) is 8.88. The molecular weight excluding hydrogens is 240 g/mol. The predicted molar refractivity (Wildman–Crippen MR) is 74.7 cm³/mol. The van der Waals surface area contributed by atoms with Crippen LogP contribution >= 0.6 is 0 Å². The third-order valence-electron chi connectivity index (χ3n) is 3.88. The summed E-state index contributed by atoms with van der Waals surface area (Å²) in [6.07, 6.45) is 1.74. The Morgan fingerprint density at radius 1 is 1.42 bits per heavy atom. The average molecular weight is 262 g/mol. The van der Waals surface area contributed by atoms with Crippen molar-refractivity contribution in [2.75, 3.05) is 26.7 Å². The van der Waals surface area contributed by atoms with Gasteiger partial charge in [-0.2, -0.15) is 0 Å². The Kier molecular flexibility index (Phi) is 3.87. The number of nitrogens with zero attached hydrogens (tertiary/aromatic N) is 3. The largest absolute Gasteiger partial charge is 0.364 e. The summed E-state index contributed by atoms with van der Waals surface area (Å²) in [4.78, 5) is 19.9. The highest BCUT2D eigenvalue weighted by Gasteiger charge is 2.30. The van der Waals surface area contributed by atoms with Gasteiger partial charge in [0.1, 0.15) is 5.69 Å². The smallest absolute Gasteiger partial charge is 0.267 e. The van der Waals surface area contributed by atoms with Crippen LogP contribution in [-0.4, -0.2) is 52.9 Å². The van der Waals surface area contributed by atoms with E-state index in [1.807, 2.05) is 6.07 Å². The lowest BCUT2D eigenvalue weighted by Crippen LogP contribution is -2.57. The second-order valence-electron chi connectivity index (χ2n) is 5.86. The highest BCUT2D eigenvalue weighted by molar-refractivity contribution is 5.90. The first-order valence-electron chi connectivity index (χ1n) is 6.57. The molecule has 2 rings (SSSR count). The fourth-order valence-electron chi connectivity index (χ4n) is 2.40. The molecule has 1 aliphatic heterocycles. The van der Waals surface area contributed by atoms with Gasteiger partial charge in [-0.25, -0.2) is 0 Å². The molecule has 1 fully saturated rings. The number of amides is 1. The third-order valence-corrected chi connectivity index (χ3v) is 3.88. The first-order valence-corrected chi connectivity index (χ1v) is 6.57. The molecule has 5 nitrogen and oxygen atoms in total. The number of piperazine rings is 1. The topological polar surface area (TPSA) is 62.5 Å². The van der Waals surface area contributed by atoms with E-state index in [9.17, 15) is 4.79 Å². The minimum atomic E-state index is -0.479. The molecular formula is C14H22N4O. The number of aromatic nitrogens is 1. The lowest BCUT2D eigenvalue weighted by molar-refractivity contribution is 0.0359. The zero-order valence-corrected chi connectivity index (χ0v) is 11.9. The summed E-state index contributed by atoms with van der Waals surface area (Å²) in [6, 6.07) is 3.62. The van der Waals surface area contributed by atoms with Crippen LogP contribution in [0.5, 0.6) is 0 Å². The van der Waals surface area contributed by atoms with Crippen molar-refractivity contribution in [3.05, 3.63) is 29.6 Å². The molecule has 2 N–H and O–H groups in total. The van der Waals surface area contributed by atoms with Crippen LogP contribution in [0.4, 0.5) is 0 Å². The zero-order valence-electron chi connectivity index (χ0n) is 11.9. The maximum atomic E-state index is 11.0. The van der Waals surface area contributed by atoms with Gasteiger partial charge in [0.2, 0.25) is 0 Å². The molecule has 1 amide bonds. The summed E-state index contributed by atoms with van der Waals surface area (Å²) in [7, 11) is 2.17. The summed E-state index contributed by atoms with van der Waals surface area (Å²) in [5.41, 5.74) is 6.81. The van der Waals surface area contributed by atoms with Gasteiger partial charge >= 0.3 is 0 Å². The lowest BCUT2D eigenvalue weighted by Gasteiger charge is -2.45. The SMILES string of the molecule is CN1CCN(Cc2ccc(C(N)=O)nc2)CC1(C)C. The number of likely N-dealkylation sites (N-methyl/N-ethyl adjacent to an activating group) is 1. The van der Waals surface area contributed by atoms with E-state index in [1.165, 1.54) is 0 Å². The maximum absolute atomic E-state index is 11.0. The van der Waals surface area contributed by atoms with Gasteiger partial charge in [0.05, 0.1) is 0 Å². The van der Waals surface area contributed by atoms with Crippen LogP contribution in [0.25, 0.3) is 0 Å². The van der Waals surface area contributed by atoms with Crippen LogP contribution in [-0.2, 0) is 6.54 Å². The highest BCUT2D eigenvalue weighted by atomic mass is 16.1. The molecule has 104 valence electrons. The van der Waals surface area contributed by atoms with E-state index in [4.69, 9.17) is 5.73 Å². The number of primary amides is 1. The standard InChI is InChI=1S/C14H22N4O/c1-14(2)10-18(7-6-17(14)3)9-11-4-5-12(13(15)19)16-8-11/h4-5,8H,6-7,9-10H2,1-3H3,(H2,15,19). The number of hydrogen-bond donors (Lipinski definition) is 1. The van der Waals surface area contributed by atoms with E-state index >= 15 is 0 Å². The Morgan fingerprint density at radius 2 is 2.16 bits per heavy atom. The zero-order chi connectivity index (χ0) is 14.0. The lowest BCUT2D eigenvalue weighted by atomic mass is 9.99. The quantitative estimate of drug-likeness (QED) is 0.871. The summed E-state index contributed by atoms with van der Waals surface area (Å²) in [6.45, 7) is 8.53. The Labute approximate surface area is 114 Å². The number of carbonyl (C=O) groups excluding carboxylic acids is 1. The van der Waals surface area contributed by atoms with E-state index < -0.39 is 5.91 Å². The maximum Gasteiger partial charge on any atom is 0.267 e. The molecule has 0 bridgehead atoms. The molecule has 0 aliphatic carbocycles. The van der Waals surface area contributed by atoms with E-state index in [-0.39, 0.29) is 5.54 Å². The van der Waals surface area contributed by atoms with Gasteiger partial charge in [-0.1, -0.05) is 6.07 Å². The van der Waals surface area contributed by atoms with Crippen molar-refractivity contribution in [3.63, 3.8) is 0 Å². The van der Waals surface area contributed by atoms with E-state index in [2.05, 4.69) is 35.7 Å². The first kappa shape index (κ1) is 14.0. The normalized spacial score (nSPS) is 20.4. The Balaban J connectivity index is 2.00. The van der Waals surface area contributed by atoms with Gasteiger partial charge in [-0.15, -0.1) is 0 Å². The molecule has 2 heterocycles. The number of rotatable bonds is 3. The van der Waals surface area contributed by atoms with Gasteiger partial charge < -0.3 is 5.73 Å². The monoisotopic (exact) mass is 262 g/mol. The van der Waals surface area contributed by atoms with Crippen molar-refractivity contribution < 1.29 is 4.79 Å². The minimum absolute atomic E-state index is 0.193. The van der Waals surface area contributed by atoms with Crippen molar-refractivity contribution in [2.45, 2.75) is 25.9 Å². The fraction of sp³-hybridized carbons (Fsp3) is 0.571. The van der Waals surface area contributed by atoms with Crippen molar-refractivity contribution in [3.8, 4) is 0 Å². The second kappa shape index (κ2) is 5.27. The van der Waals surface area contributed by atoms with Crippen molar-refractivity contribution in [2.24, 2.45) is 5.73 Å². The molecule has 1 aromatic rings. The van der Waals surface area contributed by atoms with Gasteiger partial charge in [0.25, 0.3) is 5.91 Å². The Hall–Kier alpha value is -1.46. The van der Waals surface area contributed by atoms with Gasteiger partial charge in [0, 0.05) is 37.9 Å².